The number of amides is 1. The number of carbonyl (C=O) groups is 1. The number of anilines is 1. The molecule has 0 aromatic heterocycles. The maximum absolute atomic E-state index is 14.9. The summed E-state index contributed by atoms with van der Waals surface area (Å²) >= 11 is 0. The third kappa shape index (κ3) is 4.77. The van der Waals surface area contributed by atoms with Crippen molar-refractivity contribution in [1.29, 1.82) is 0 Å². The van der Waals surface area contributed by atoms with Gasteiger partial charge in [-0.1, -0.05) is 19.1 Å². The fraction of sp³-hybridized carbons (Fsp3) is 0.316. The van der Waals surface area contributed by atoms with Crippen molar-refractivity contribution in [3.05, 3.63) is 53.3 Å². The molecular weight excluding hydrogens is 401 g/mol. The first kappa shape index (κ1) is 20.9. The first-order chi connectivity index (χ1) is 13.8. The minimum absolute atomic E-state index is 0.0359. The van der Waals surface area contributed by atoms with Crippen molar-refractivity contribution in [3.8, 4) is 11.5 Å². The zero-order valence-electron chi connectivity index (χ0n) is 16.1. The molecule has 0 bridgehead atoms. The van der Waals surface area contributed by atoms with Crippen LogP contribution in [0.5, 0.6) is 11.5 Å². The van der Waals surface area contributed by atoms with E-state index in [1.165, 1.54) is 6.07 Å². The molecule has 1 heterocycles. The van der Waals surface area contributed by atoms with Gasteiger partial charge in [-0.25, -0.2) is 13.4 Å². The quantitative estimate of drug-likeness (QED) is 0.671. The SMILES string of the molecule is CCNCc1cc(F)c(N2CC(=O)NS2(=O)=O)c(OCc2ccc(OC)cc2)c1. The van der Waals surface area contributed by atoms with E-state index in [1.807, 2.05) is 11.6 Å². The first-order valence-electron chi connectivity index (χ1n) is 8.96. The van der Waals surface area contributed by atoms with Crippen molar-refractivity contribution in [2.24, 2.45) is 0 Å². The van der Waals surface area contributed by atoms with Crippen molar-refractivity contribution in [2.45, 2.75) is 20.1 Å². The molecule has 8 nitrogen and oxygen atoms in total. The van der Waals surface area contributed by atoms with E-state index >= 15 is 0 Å². The second-order valence-corrected chi connectivity index (χ2v) is 7.97. The third-order valence-electron chi connectivity index (χ3n) is 4.29. The molecule has 1 aliphatic rings. The maximum Gasteiger partial charge on any atom is 0.326 e. The molecular formula is C19H22FN3O5S. The summed E-state index contributed by atoms with van der Waals surface area (Å²) in [4.78, 5) is 11.6. The molecule has 1 saturated heterocycles. The molecule has 0 spiro atoms. The van der Waals surface area contributed by atoms with Crippen LogP contribution >= 0.6 is 0 Å². The Balaban J connectivity index is 1.94. The second kappa shape index (κ2) is 8.66. The molecule has 1 fully saturated rings. The van der Waals surface area contributed by atoms with Gasteiger partial charge in [0.05, 0.1) is 7.11 Å². The Kier molecular flexibility index (Phi) is 6.23. The van der Waals surface area contributed by atoms with Crippen molar-refractivity contribution in [3.63, 3.8) is 0 Å². The van der Waals surface area contributed by atoms with Gasteiger partial charge < -0.3 is 14.8 Å². The highest BCUT2D eigenvalue weighted by atomic mass is 32.2. The Morgan fingerprint density at radius 2 is 1.93 bits per heavy atom. The first-order valence-corrected chi connectivity index (χ1v) is 10.4. The lowest BCUT2D eigenvalue weighted by molar-refractivity contribution is -0.117. The molecule has 0 atom stereocenters. The lowest BCUT2D eigenvalue weighted by Gasteiger charge is -2.21. The highest BCUT2D eigenvalue weighted by molar-refractivity contribution is 7.92. The predicted molar refractivity (Wildman–Crippen MR) is 106 cm³/mol. The minimum atomic E-state index is -4.17. The molecule has 0 saturated carbocycles. The van der Waals surface area contributed by atoms with E-state index in [2.05, 4.69) is 5.32 Å². The van der Waals surface area contributed by atoms with E-state index in [-0.39, 0.29) is 18.0 Å². The molecule has 2 aromatic carbocycles. The van der Waals surface area contributed by atoms with Gasteiger partial charge in [0.2, 0.25) is 0 Å². The van der Waals surface area contributed by atoms with Crippen LogP contribution in [0.15, 0.2) is 36.4 Å². The molecule has 2 aromatic rings. The van der Waals surface area contributed by atoms with Crippen LogP contribution in [-0.2, 0) is 28.2 Å². The van der Waals surface area contributed by atoms with Gasteiger partial charge in [-0.15, -0.1) is 0 Å². The molecule has 0 unspecified atom stereocenters. The van der Waals surface area contributed by atoms with Crippen molar-refractivity contribution >= 4 is 21.8 Å². The topological polar surface area (TPSA) is 97.0 Å². The molecule has 156 valence electrons. The fourth-order valence-electron chi connectivity index (χ4n) is 2.88. The number of hydrogen-bond acceptors (Lipinski definition) is 6. The van der Waals surface area contributed by atoms with Crippen LogP contribution in [0.4, 0.5) is 10.1 Å². The Hall–Kier alpha value is -2.85. The largest absolute Gasteiger partial charge is 0.497 e. The van der Waals surface area contributed by atoms with Gasteiger partial charge in [0.25, 0.3) is 5.91 Å². The number of nitrogens with one attached hydrogen (secondary N) is 2. The van der Waals surface area contributed by atoms with Gasteiger partial charge >= 0.3 is 10.2 Å². The Bertz CT molecular complexity index is 996. The monoisotopic (exact) mass is 423 g/mol. The van der Waals surface area contributed by atoms with E-state index in [1.54, 1.807) is 37.4 Å². The summed E-state index contributed by atoms with van der Waals surface area (Å²) in [6, 6.07) is 9.90. The number of carbonyl (C=O) groups excluding carboxylic acids is 1. The molecule has 0 aliphatic carbocycles. The number of halogens is 1. The van der Waals surface area contributed by atoms with Gasteiger partial charge in [0, 0.05) is 6.54 Å². The van der Waals surface area contributed by atoms with E-state index < -0.39 is 28.5 Å². The minimum Gasteiger partial charge on any atom is -0.497 e. The van der Waals surface area contributed by atoms with Gasteiger partial charge in [-0.3, -0.25) is 4.79 Å². The van der Waals surface area contributed by atoms with Crippen LogP contribution in [0.3, 0.4) is 0 Å². The molecule has 3 rings (SSSR count). The average Bonchev–Trinajstić information content (AvgIpc) is 2.96. The number of nitrogens with zero attached hydrogens (tertiary/aromatic N) is 1. The number of benzene rings is 2. The van der Waals surface area contributed by atoms with Crippen LogP contribution in [0.25, 0.3) is 0 Å². The zero-order valence-corrected chi connectivity index (χ0v) is 16.9. The van der Waals surface area contributed by atoms with E-state index in [4.69, 9.17) is 9.47 Å². The summed E-state index contributed by atoms with van der Waals surface area (Å²) in [6.45, 7) is 2.56. The summed E-state index contributed by atoms with van der Waals surface area (Å²) in [6.07, 6.45) is 0. The molecule has 0 radical (unpaired) electrons. The summed E-state index contributed by atoms with van der Waals surface area (Å²) in [5.41, 5.74) is 1.08. The lowest BCUT2D eigenvalue weighted by atomic mass is 10.1. The normalized spacial score (nSPS) is 15.3. The second-order valence-electron chi connectivity index (χ2n) is 6.38. The molecule has 10 heteroatoms. The molecule has 29 heavy (non-hydrogen) atoms. The summed E-state index contributed by atoms with van der Waals surface area (Å²) in [7, 11) is -2.62. The Labute approximate surface area is 168 Å². The third-order valence-corrected chi connectivity index (χ3v) is 5.67. The van der Waals surface area contributed by atoms with Crippen molar-refractivity contribution in [1.82, 2.24) is 10.0 Å². The van der Waals surface area contributed by atoms with Crippen LogP contribution in [0.2, 0.25) is 0 Å². The molecule has 1 aliphatic heterocycles. The van der Waals surface area contributed by atoms with Crippen LogP contribution < -0.4 is 23.8 Å². The maximum atomic E-state index is 14.9. The van der Waals surface area contributed by atoms with Crippen LogP contribution in [0, 0.1) is 5.82 Å². The van der Waals surface area contributed by atoms with Gasteiger partial charge in [0.15, 0.2) is 5.82 Å². The van der Waals surface area contributed by atoms with Crippen LogP contribution in [-0.4, -0.2) is 34.5 Å². The van der Waals surface area contributed by atoms with E-state index in [0.29, 0.717) is 28.7 Å². The predicted octanol–water partition coefficient (Wildman–Crippen LogP) is 1.70. The lowest BCUT2D eigenvalue weighted by Crippen LogP contribution is -2.30. The summed E-state index contributed by atoms with van der Waals surface area (Å²) in [5.74, 6) is -0.804. The zero-order chi connectivity index (χ0) is 21.0. The van der Waals surface area contributed by atoms with Gasteiger partial charge in [0.1, 0.15) is 30.3 Å². The Morgan fingerprint density at radius 1 is 1.21 bits per heavy atom. The van der Waals surface area contributed by atoms with E-state index in [9.17, 15) is 17.6 Å². The van der Waals surface area contributed by atoms with Crippen molar-refractivity contribution in [2.75, 3.05) is 24.5 Å². The molecule has 2 N–H and O–H groups in total. The van der Waals surface area contributed by atoms with Gasteiger partial charge in [-0.2, -0.15) is 8.42 Å². The van der Waals surface area contributed by atoms with Crippen LogP contribution in [0.1, 0.15) is 18.1 Å². The van der Waals surface area contributed by atoms with Gasteiger partial charge in [-0.05, 0) is 41.9 Å². The average molecular weight is 423 g/mol. The number of methoxy groups -OCH3 is 1. The molecule has 1 amide bonds. The highest BCUT2D eigenvalue weighted by Crippen LogP contribution is 2.36. The van der Waals surface area contributed by atoms with E-state index in [0.717, 1.165) is 5.56 Å². The Morgan fingerprint density at radius 3 is 2.52 bits per heavy atom. The number of rotatable bonds is 8. The summed E-state index contributed by atoms with van der Waals surface area (Å²) in [5, 5.41) is 3.08. The smallest absolute Gasteiger partial charge is 0.326 e. The standard InChI is InChI=1S/C19H22FN3O5S/c1-3-21-10-14-8-16(20)19(23-11-18(24)22-29(23,25)26)17(9-14)28-12-13-4-6-15(27-2)7-5-13/h4-9,21H,3,10-12H2,1-2H3,(H,22,24). The summed E-state index contributed by atoms with van der Waals surface area (Å²) < 4.78 is 52.8. The number of ether oxygens (including phenoxy) is 2. The van der Waals surface area contributed by atoms with Crippen molar-refractivity contribution < 1.29 is 27.1 Å². The number of hydrogen-bond donors (Lipinski definition) is 2. The highest BCUT2D eigenvalue weighted by Gasteiger charge is 2.37. The fourth-order valence-corrected chi connectivity index (χ4v) is 4.05.